The number of aromatic nitrogens is 3. The van der Waals surface area contributed by atoms with E-state index in [1.54, 1.807) is 18.6 Å². The fourth-order valence-corrected chi connectivity index (χ4v) is 1.94. The van der Waals surface area contributed by atoms with E-state index in [-0.39, 0.29) is 5.91 Å². The Balaban J connectivity index is 1.85. The van der Waals surface area contributed by atoms with Crippen LogP contribution in [-0.2, 0) is 6.54 Å². The van der Waals surface area contributed by atoms with Crippen molar-refractivity contribution in [3.63, 3.8) is 0 Å². The largest absolute Gasteiger partial charge is 0.346 e. The van der Waals surface area contributed by atoms with Gasteiger partial charge in [-0.2, -0.15) is 5.10 Å². The van der Waals surface area contributed by atoms with Crippen molar-refractivity contribution < 1.29 is 4.79 Å². The van der Waals surface area contributed by atoms with E-state index in [2.05, 4.69) is 20.5 Å². The number of fused-ring (bicyclic) bond motifs is 1. The molecule has 19 heavy (non-hydrogen) atoms. The molecule has 0 saturated heterocycles. The summed E-state index contributed by atoms with van der Waals surface area (Å²) in [5, 5.41) is 11.2. The van der Waals surface area contributed by atoms with Crippen molar-refractivity contribution in [3.8, 4) is 0 Å². The molecule has 3 rings (SSSR count). The van der Waals surface area contributed by atoms with Gasteiger partial charge in [0.05, 0.1) is 6.20 Å². The molecule has 0 atom stereocenters. The molecule has 0 aliphatic rings. The van der Waals surface area contributed by atoms with Crippen molar-refractivity contribution in [1.29, 1.82) is 0 Å². The Labute approximate surface area is 109 Å². The van der Waals surface area contributed by atoms with Crippen LogP contribution in [0.4, 0.5) is 0 Å². The molecule has 0 fully saturated rings. The molecule has 5 nitrogen and oxygen atoms in total. The van der Waals surface area contributed by atoms with Crippen LogP contribution in [0, 0.1) is 0 Å². The maximum atomic E-state index is 12.1. The maximum Gasteiger partial charge on any atom is 0.270 e. The number of H-pyrrole nitrogens is 1. The molecule has 0 saturated carbocycles. The molecule has 0 aliphatic carbocycles. The summed E-state index contributed by atoms with van der Waals surface area (Å²) in [4.78, 5) is 16.3. The molecule has 0 radical (unpaired) electrons. The summed E-state index contributed by atoms with van der Waals surface area (Å²) in [5.41, 5.74) is 1.37. The first kappa shape index (κ1) is 11.4. The number of aromatic amines is 1. The molecule has 3 aromatic rings. The fourth-order valence-electron chi connectivity index (χ4n) is 1.94. The minimum absolute atomic E-state index is 0.182. The molecular weight excluding hydrogens is 240 g/mol. The van der Waals surface area contributed by atoms with Gasteiger partial charge in [-0.1, -0.05) is 24.3 Å². The van der Waals surface area contributed by atoms with E-state index in [4.69, 9.17) is 0 Å². The Morgan fingerprint density at radius 3 is 3.00 bits per heavy atom. The van der Waals surface area contributed by atoms with Crippen molar-refractivity contribution in [2.75, 3.05) is 0 Å². The third-order valence-electron chi connectivity index (χ3n) is 2.90. The molecule has 0 aliphatic heterocycles. The number of nitrogens with one attached hydrogen (secondary N) is 2. The quantitative estimate of drug-likeness (QED) is 0.747. The van der Waals surface area contributed by atoms with Crippen molar-refractivity contribution in [1.82, 2.24) is 20.5 Å². The summed E-state index contributed by atoms with van der Waals surface area (Å²) in [6.07, 6.45) is 5.07. The lowest BCUT2D eigenvalue weighted by Gasteiger charge is -2.06. The monoisotopic (exact) mass is 252 g/mol. The number of hydrogen-bond donors (Lipinski definition) is 2. The van der Waals surface area contributed by atoms with Gasteiger partial charge < -0.3 is 5.32 Å². The molecule has 2 N–H and O–H groups in total. The van der Waals surface area contributed by atoms with Gasteiger partial charge in [0, 0.05) is 29.9 Å². The topological polar surface area (TPSA) is 70.7 Å². The lowest BCUT2D eigenvalue weighted by atomic mass is 10.1. The highest BCUT2D eigenvalue weighted by Crippen LogP contribution is 2.16. The Bertz CT molecular complexity index is 701. The molecule has 0 unspecified atom stereocenters. The van der Waals surface area contributed by atoms with E-state index in [1.807, 2.05) is 30.3 Å². The molecule has 2 heterocycles. The van der Waals surface area contributed by atoms with Crippen LogP contribution in [0.1, 0.15) is 16.1 Å². The van der Waals surface area contributed by atoms with Gasteiger partial charge in [0.15, 0.2) is 0 Å². The summed E-state index contributed by atoms with van der Waals surface area (Å²) in [5.74, 6) is -0.182. The summed E-state index contributed by atoms with van der Waals surface area (Å²) < 4.78 is 0. The van der Waals surface area contributed by atoms with Crippen molar-refractivity contribution in [2.45, 2.75) is 6.54 Å². The molecule has 0 spiro atoms. The number of rotatable bonds is 3. The predicted molar refractivity (Wildman–Crippen MR) is 71.5 cm³/mol. The highest BCUT2D eigenvalue weighted by Gasteiger charge is 2.10. The fraction of sp³-hybridized carbons (Fsp3) is 0.0714. The predicted octanol–water partition coefficient (Wildman–Crippen LogP) is 1.89. The number of pyridine rings is 1. The Morgan fingerprint density at radius 1 is 1.26 bits per heavy atom. The van der Waals surface area contributed by atoms with Crippen LogP contribution in [0.15, 0.2) is 48.9 Å². The third kappa shape index (κ3) is 2.30. The summed E-state index contributed by atoms with van der Waals surface area (Å²) in [6, 6.07) is 9.59. The van der Waals surface area contributed by atoms with Gasteiger partial charge in [0.1, 0.15) is 5.69 Å². The standard InChI is InChI=1S/C14H12N4O/c19-14(16-7-10-8-17-18-9-10)13-12-4-2-1-3-11(12)5-6-15-13/h1-6,8-9H,7H2,(H,16,19)(H,17,18). The van der Waals surface area contributed by atoms with Crippen LogP contribution in [0.5, 0.6) is 0 Å². The van der Waals surface area contributed by atoms with Gasteiger partial charge in [0.25, 0.3) is 5.91 Å². The van der Waals surface area contributed by atoms with Crippen LogP contribution < -0.4 is 5.32 Å². The van der Waals surface area contributed by atoms with Gasteiger partial charge in [-0.15, -0.1) is 0 Å². The number of amides is 1. The van der Waals surface area contributed by atoms with Crippen molar-refractivity contribution in [3.05, 3.63) is 60.2 Å². The Morgan fingerprint density at radius 2 is 2.16 bits per heavy atom. The smallest absolute Gasteiger partial charge is 0.270 e. The highest BCUT2D eigenvalue weighted by atomic mass is 16.1. The van der Waals surface area contributed by atoms with Gasteiger partial charge >= 0.3 is 0 Å². The number of nitrogens with zero attached hydrogens (tertiary/aromatic N) is 2. The summed E-state index contributed by atoms with van der Waals surface area (Å²) >= 11 is 0. The van der Waals surface area contributed by atoms with Crippen LogP contribution >= 0.6 is 0 Å². The van der Waals surface area contributed by atoms with E-state index in [1.165, 1.54) is 0 Å². The van der Waals surface area contributed by atoms with Gasteiger partial charge in [-0.05, 0) is 11.5 Å². The lowest BCUT2D eigenvalue weighted by Crippen LogP contribution is -2.23. The number of hydrogen-bond acceptors (Lipinski definition) is 3. The van der Waals surface area contributed by atoms with Gasteiger partial charge in [-0.3, -0.25) is 14.9 Å². The zero-order valence-corrected chi connectivity index (χ0v) is 10.1. The zero-order valence-electron chi connectivity index (χ0n) is 10.1. The second-order valence-corrected chi connectivity index (χ2v) is 4.17. The van der Waals surface area contributed by atoms with E-state index < -0.39 is 0 Å². The van der Waals surface area contributed by atoms with Gasteiger partial charge in [-0.25, -0.2) is 0 Å². The first-order chi connectivity index (χ1) is 9.34. The third-order valence-corrected chi connectivity index (χ3v) is 2.90. The first-order valence-electron chi connectivity index (χ1n) is 5.94. The normalized spacial score (nSPS) is 10.5. The van der Waals surface area contributed by atoms with Crippen LogP contribution in [0.25, 0.3) is 10.8 Å². The SMILES string of the molecule is O=C(NCc1cn[nH]c1)c1nccc2ccccc12. The second-order valence-electron chi connectivity index (χ2n) is 4.17. The van der Waals surface area contributed by atoms with E-state index in [9.17, 15) is 4.79 Å². The van der Waals surface area contributed by atoms with Gasteiger partial charge in [0.2, 0.25) is 0 Å². The Kier molecular flexibility index (Phi) is 2.94. The molecule has 2 aromatic heterocycles. The van der Waals surface area contributed by atoms with Crippen LogP contribution in [0.2, 0.25) is 0 Å². The zero-order chi connectivity index (χ0) is 13.1. The summed E-state index contributed by atoms with van der Waals surface area (Å²) in [7, 11) is 0. The van der Waals surface area contributed by atoms with E-state index in [0.29, 0.717) is 12.2 Å². The highest BCUT2D eigenvalue weighted by molar-refractivity contribution is 6.05. The molecular formula is C14H12N4O. The number of carbonyl (C=O) groups is 1. The van der Waals surface area contributed by atoms with E-state index in [0.717, 1.165) is 16.3 Å². The second kappa shape index (κ2) is 4.89. The molecule has 5 heteroatoms. The molecule has 1 aromatic carbocycles. The van der Waals surface area contributed by atoms with E-state index >= 15 is 0 Å². The van der Waals surface area contributed by atoms with Crippen LogP contribution in [-0.4, -0.2) is 21.1 Å². The molecule has 1 amide bonds. The molecule has 94 valence electrons. The Hall–Kier alpha value is -2.69. The number of benzene rings is 1. The first-order valence-corrected chi connectivity index (χ1v) is 5.94. The minimum Gasteiger partial charge on any atom is -0.346 e. The average Bonchev–Trinajstić information content (AvgIpc) is 2.97. The average molecular weight is 252 g/mol. The minimum atomic E-state index is -0.182. The van der Waals surface area contributed by atoms with Crippen molar-refractivity contribution >= 4 is 16.7 Å². The van der Waals surface area contributed by atoms with Crippen LogP contribution in [0.3, 0.4) is 0 Å². The summed E-state index contributed by atoms with van der Waals surface area (Å²) in [6.45, 7) is 0.431. The van der Waals surface area contributed by atoms with Crippen molar-refractivity contribution in [2.24, 2.45) is 0 Å². The lowest BCUT2D eigenvalue weighted by molar-refractivity contribution is 0.0948. The maximum absolute atomic E-state index is 12.1. The molecule has 0 bridgehead atoms. The number of carbonyl (C=O) groups excluding carboxylic acids is 1.